The number of benzene rings is 2. The molecule has 2 aromatic carbocycles. The third-order valence-electron chi connectivity index (χ3n) is 4.34. The molecule has 2 heterocycles. The first-order chi connectivity index (χ1) is 15.0. The van der Waals surface area contributed by atoms with Gasteiger partial charge < -0.3 is 14.6 Å². The van der Waals surface area contributed by atoms with Crippen LogP contribution >= 0.6 is 27.7 Å². The third kappa shape index (κ3) is 4.89. The summed E-state index contributed by atoms with van der Waals surface area (Å²) in [4.78, 5) is 14.9. The average Bonchev–Trinajstić information content (AvgIpc) is 3.36. The van der Waals surface area contributed by atoms with Crippen molar-refractivity contribution in [1.82, 2.24) is 4.90 Å². The molecular weight excluding hydrogens is 482 g/mol. The second-order valence-corrected chi connectivity index (χ2v) is 8.40. The number of halogens is 1. The normalized spacial score (nSPS) is 16.8. The molecule has 1 fully saturated rings. The molecule has 0 radical (unpaired) electrons. The van der Waals surface area contributed by atoms with E-state index < -0.39 is 0 Å². The SMILES string of the molecule is O=C1/C(=C/c2cc(Br)ccc2O)S/C(=N/N=C\c2ccccc2O)N1Cc1ccco1. The van der Waals surface area contributed by atoms with Crippen molar-refractivity contribution in [1.29, 1.82) is 0 Å². The van der Waals surface area contributed by atoms with Crippen LogP contribution in [0.1, 0.15) is 16.9 Å². The molecule has 4 rings (SSSR count). The minimum atomic E-state index is -0.280. The highest BCUT2D eigenvalue weighted by atomic mass is 79.9. The van der Waals surface area contributed by atoms with Crippen LogP contribution in [-0.4, -0.2) is 32.4 Å². The summed E-state index contributed by atoms with van der Waals surface area (Å²) in [6, 6.07) is 15.2. The zero-order valence-corrected chi connectivity index (χ0v) is 18.4. The van der Waals surface area contributed by atoms with E-state index >= 15 is 0 Å². The quantitative estimate of drug-likeness (QED) is 0.294. The van der Waals surface area contributed by atoms with E-state index in [1.54, 1.807) is 60.7 Å². The van der Waals surface area contributed by atoms with Crippen LogP contribution in [0.15, 0.2) is 84.9 Å². The summed E-state index contributed by atoms with van der Waals surface area (Å²) in [6.45, 7) is 0.186. The lowest BCUT2D eigenvalue weighted by atomic mass is 10.2. The van der Waals surface area contributed by atoms with Gasteiger partial charge in [-0.05, 0) is 60.3 Å². The topological polar surface area (TPSA) is 98.6 Å². The van der Waals surface area contributed by atoms with Gasteiger partial charge in [0.2, 0.25) is 0 Å². The smallest absolute Gasteiger partial charge is 0.267 e. The number of carbonyl (C=O) groups is 1. The fourth-order valence-electron chi connectivity index (χ4n) is 2.80. The number of amidine groups is 1. The van der Waals surface area contributed by atoms with Gasteiger partial charge in [-0.2, -0.15) is 5.10 Å². The number of aromatic hydroxyl groups is 2. The van der Waals surface area contributed by atoms with Gasteiger partial charge in [0.15, 0.2) is 5.17 Å². The van der Waals surface area contributed by atoms with Gasteiger partial charge in [-0.15, -0.1) is 5.10 Å². The van der Waals surface area contributed by atoms with Crippen molar-refractivity contribution in [2.45, 2.75) is 6.54 Å². The molecule has 0 unspecified atom stereocenters. The van der Waals surface area contributed by atoms with Crippen LogP contribution in [0.4, 0.5) is 0 Å². The molecule has 3 aromatic rings. The Labute approximate surface area is 190 Å². The van der Waals surface area contributed by atoms with E-state index in [1.807, 2.05) is 0 Å². The van der Waals surface area contributed by atoms with Gasteiger partial charge in [-0.25, -0.2) is 0 Å². The number of nitrogens with zero attached hydrogens (tertiary/aromatic N) is 3. The Hall–Kier alpha value is -3.30. The number of hydrogen-bond acceptors (Lipinski definition) is 7. The first-order valence-corrected chi connectivity index (χ1v) is 10.7. The Balaban J connectivity index is 1.66. The minimum absolute atomic E-state index is 0.0599. The van der Waals surface area contributed by atoms with Crippen molar-refractivity contribution < 1.29 is 19.4 Å². The van der Waals surface area contributed by atoms with E-state index in [0.29, 0.717) is 27.0 Å². The molecule has 0 bridgehead atoms. The molecule has 1 aliphatic rings. The average molecular weight is 498 g/mol. The monoisotopic (exact) mass is 497 g/mol. The molecule has 1 amide bonds. The Kier molecular flexibility index (Phi) is 6.24. The van der Waals surface area contributed by atoms with Gasteiger partial charge in [0.1, 0.15) is 17.3 Å². The predicted octanol–water partition coefficient (Wildman–Crippen LogP) is 4.96. The Morgan fingerprint density at radius 2 is 1.87 bits per heavy atom. The Bertz CT molecular complexity index is 1210. The molecule has 2 N–H and O–H groups in total. The van der Waals surface area contributed by atoms with E-state index in [9.17, 15) is 15.0 Å². The second-order valence-electron chi connectivity index (χ2n) is 6.47. The summed E-state index contributed by atoms with van der Waals surface area (Å²) in [5.41, 5.74) is 1.01. The molecule has 1 aromatic heterocycles. The van der Waals surface area contributed by atoms with E-state index in [2.05, 4.69) is 26.1 Å². The van der Waals surface area contributed by atoms with E-state index in [1.165, 1.54) is 17.4 Å². The van der Waals surface area contributed by atoms with Gasteiger partial charge in [-0.3, -0.25) is 9.69 Å². The number of carbonyl (C=O) groups excluding carboxylic acids is 1. The van der Waals surface area contributed by atoms with Crippen LogP contribution < -0.4 is 0 Å². The minimum Gasteiger partial charge on any atom is -0.507 e. The van der Waals surface area contributed by atoms with Gasteiger partial charge in [0.25, 0.3) is 5.91 Å². The van der Waals surface area contributed by atoms with E-state index in [4.69, 9.17) is 4.42 Å². The molecule has 0 spiro atoms. The summed E-state index contributed by atoms with van der Waals surface area (Å²) in [7, 11) is 0. The summed E-state index contributed by atoms with van der Waals surface area (Å²) in [5.74, 6) is 0.458. The van der Waals surface area contributed by atoms with Crippen LogP contribution in [-0.2, 0) is 11.3 Å². The Morgan fingerprint density at radius 1 is 1.06 bits per heavy atom. The van der Waals surface area contributed by atoms with Crippen molar-refractivity contribution in [2.24, 2.45) is 10.2 Å². The highest BCUT2D eigenvalue weighted by Crippen LogP contribution is 2.35. The number of phenols is 2. The first-order valence-electron chi connectivity index (χ1n) is 9.12. The summed E-state index contributed by atoms with van der Waals surface area (Å²) in [6.07, 6.45) is 4.56. The zero-order chi connectivity index (χ0) is 21.8. The molecule has 1 aliphatic heterocycles. The zero-order valence-electron chi connectivity index (χ0n) is 16.0. The number of phenolic OH excluding ortho intramolecular Hbond substituents is 2. The number of furan rings is 1. The van der Waals surface area contributed by atoms with Crippen LogP contribution in [0.2, 0.25) is 0 Å². The molecule has 1 saturated heterocycles. The highest BCUT2D eigenvalue weighted by Gasteiger charge is 2.34. The number of thioether (sulfide) groups is 1. The standard InChI is InChI=1S/C22H16BrN3O4S/c23-16-7-8-19(28)15(10-16)11-20-21(29)26(13-17-5-3-9-30-17)22(31-20)25-24-12-14-4-1-2-6-18(14)27/h1-12,27-28H,13H2/b20-11-,24-12-,25-22+. The second kappa shape index (κ2) is 9.23. The molecular formula is C22H16BrN3O4S. The molecule has 156 valence electrons. The van der Waals surface area contributed by atoms with Crippen molar-refractivity contribution >= 4 is 51.1 Å². The van der Waals surface area contributed by atoms with Crippen LogP contribution in [0, 0.1) is 0 Å². The third-order valence-corrected chi connectivity index (χ3v) is 5.83. The molecule has 7 nitrogen and oxygen atoms in total. The lowest BCUT2D eigenvalue weighted by molar-refractivity contribution is -0.122. The van der Waals surface area contributed by atoms with E-state index in [0.717, 1.165) is 16.2 Å². The first kappa shape index (κ1) is 21.0. The summed E-state index contributed by atoms with van der Waals surface area (Å²) in [5, 5.41) is 28.6. The van der Waals surface area contributed by atoms with Gasteiger partial charge in [0.05, 0.1) is 23.9 Å². The lowest BCUT2D eigenvalue weighted by Gasteiger charge is -2.12. The number of hydrogen-bond donors (Lipinski definition) is 2. The van der Waals surface area contributed by atoms with Gasteiger partial charge in [0, 0.05) is 15.6 Å². The summed E-state index contributed by atoms with van der Waals surface area (Å²) < 4.78 is 6.15. The fraction of sp³-hybridized carbons (Fsp3) is 0.0455. The number of para-hydroxylation sites is 1. The van der Waals surface area contributed by atoms with Crippen LogP contribution in [0.5, 0.6) is 11.5 Å². The molecule has 0 aliphatic carbocycles. The Morgan fingerprint density at radius 3 is 2.65 bits per heavy atom. The number of amides is 1. The van der Waals surface area contributed by atoms with Gasteiger partial charge in [-0.1, -0.05) is 28.1 Å². The highest BCUT2D eigenvalue weighted by molar-refractivity contribution is 9.10. The lowest BCUT2D eigenvalue weighted by Crippen LogP contribution is -2.28. The molecule has 0 saturated carbocycles. The maximum atomic E-state index is 13.1. The van der Waals surface area contributed by atoms with E-state index in [-0.39, 0.29) is 24.0 Å². The van der Waals surface area contributed by atoms with Crippen molar-refractivity contribution in [3.63, 3.8) is 0 Å². The van der Waals surface area contributed by atoms with Crippen molar-refractivity contribution in [3.05, 3.63) is 87.1 Å². The van der Waals surface area contributed by atoms with Crippen LogP contribution in [0.3, 0.4) is 0 Å². The maximum absolute atomic E-state index is 13.1. The molecule has 9 heteroatoms. The maximum Gasteiger partial charge on any atom is 0.267 e. The predicted molar refractivity (Wildman–Crippen MR) is 124 cm³/mol. The molecule has 31 heavy (non-hydrogen) atoms. The van der Waals surface area contributed by atoms with Gasteiger partial charge >= 0.3 is 0 Å². The van der Waals surface area contributed by atoms with Crippen LogP contribution in [0.25, 0.3) is 6.08 Å². The largest absolute Gasteiger partial charge is 0.507 e. The molecule has 0 atom stereocenters. The number of rotatable bonds is 5. The van der Waals surface area contributed by atoms with Crippen molar-refractivity contribution in [2.75, 3.05) is 0 Å². The van der Waals surface area contributed by atoms with Crippen molar-refractivity contribution in [3.8, 4) is 11.5 Å². The fourth-order valence-corrected chi connectivity index (χ4v) is 4.10. The summed E-state index contributed by atoms with van der Waals surface area (Å²) >= 11 is 4.51.